The lowest BCUT2D eigenvalue weighted by atomic mass is 10.0. The van der Waals surface area contributed by atoms with Crippen LogP contribution >= 0.6 is 0 Å². The Kier molecular flexibility index (Phi) is 6.14. The molecule has 1 aromatic heterocycles. The van der Waals surface area contributed by atoms with Crippen LogP contribution in [0.15, 0.2) is 78.9 Å². The van der Waals surface area contributed by atoms with Crippen LogP contribution in [0.25, 0.3) is 22.2 Å². The Bertz CT molecular complexity index is 1290. The minimum absolute atomic E-state index is 0.152. The Morgan fingerprint density at radius 1 is 0.912 bits per heavy atom. The molecule has 0 spiro atoms. The van der Waals surface area contributed by atoms with E-state index in [9.17, 15) is 4.79 Å². The van der Waals surface area contributed by atoms with Gasteiger partial charge >= 0.3 is 0 Å². The lowest BCUT2D eigenvalue weighted by molar-refractivity contribution is 0.102. The van der Waals surface area contributed by atoms with E-state index < -0.39 is 0 Å². The fourth-order valence-corrected chi connectivity index (χ4v) is 4.29. The van der Waals surface area contributed by atoms with E-state index in [1.54, 1.807) is 7.11 Å². The second-order valence-corrected chi connectivity index (χ2v) is 8.59. The van der Waals surface area contributed by atoms with Crippen molar-refractivity contribution in [1.82, 2.24) is 9.88 Å². The normalized spacial score (nSPS) is 14.2. The van der Waals surface area contributed by atoms with Crippen molar-refractivity contribution >= 4 is 28.2 Å². The molecule has 34 heavy (non-hydrogen) atoms. The number of hydrogen-bond donors (Lipinski definition) is 1. The topological polar surface area (TPSA) is 57.7 Å². The summed E-state index contributed by atoms with van der Waals surface area (Å²) in [6.07, 6.45) is 0. The van der Waals surface area contributed by atoms with Crippen molar-refractivity contribution in [2.24, 2.45) is 0 Å². The second kappa shape index (κ2) is 9.53. The van der Waals surface area contributed by atoms with Crippen molar-refractivity contribution in [3.63, 3.8) is 0 Å². The molecule has 3 aromatic carbocycles. The Labute approximate surface area is 199 Å². The highest BCUT2D eigenvalue weighted by atomic mass is 16.5. The summed E-state index contributed by atoms with van der Waals surface area (Å²) in [6.45, 7) is 4.15. The van der Waals surface area contributed by atoms with Crippen molar-refractivity contribution in [2.75, 3.05) is 50.6 Å². The van der Waals surface area contributed by atoms with Gasteiger partial charge in [0, 0.05) is 48.5 Å². The molecular formula is C28H28N4O2. The van der Waals surface area contributed by atoms with Crippen LogP contribution in [0, 0.1) is 0 Å². The molecular weight excluding hydrogens is 424 g/mol. The molecule has 1 saturated heterocycles. The van der Waals surface area contributed by atoms with E-state index in [4.69, 9.17) is 9.72 Å². The number of rotatable bonds is 5. The van der Waals surface area contributed by atoms with Gasteiger partial charge in [0.05, 0.1) is 23.9 Å². The molecule has 6 heteroatoms. The molecule has 2 heterocycles. The van der Waals surface area contributed by atoms with Gasteiger partial charge in [-0.1, -0.05) is 18.2 Å². The maximum atomic E-state index is 13.4. The van der Waals surface area contributed by atoms with E-state index in [0.717, 1.165) is 59.8 Å². The SMILES string of the molecule is COc1ccc(-c2cc(C(=O)Nc3ccc(N4CCN(C)CC4)cc3)c3ccccc3n2)cc1. The van der Waals surface area contributed by atoms with Gasteiger partial charge in [-0.2, -0.15) is 0 Å². The first kappa shape index (κ1) is 21.9. The maximum Gasteiger partial charge on any atom is 0.256 e. The smallest absolute Gasteiger partial charge is 0.256 e. The van der Waals surface area contributed by atoms with E-state index in [2.05, 4.69) is 34.3 Å². The van der Waals surface area contributed by atoms with Crippen molar-refractivity contribution in [1.29, 1.82) is 0 Å². The summed E-state index contributed by atoms with van der Waals surface area (Å²) >= 11 is 0. The third-order valence-electron chi connectivity index (χ3n) is 6.34. The zero-order valence-corrected chi connectivity index (χ0v) is 19.5. The van der Waals surface area contributed by atoms with E-state index in [1.165, 1.54) is 5.69 Å². The van der Waals surface area contributed by atoms with E-state index in [-0.39, 0.29) is 5.91 Å². The highest BCUT2D eigenvalue weighted by Gasteiger charge is 2.16. The summed E-state index contributed by atoms with van der Waals surface area (Å²) in [5.41, 5.74) is 5.01. The molecule has 6 nitrogen and oxygen atoms in total. The number of carbonyl (C=O) groups is 1. The van der Waals surface area contributed by atoms with Crippen LogP contribution in [0.2, 0.25) is 0 Å². The molecule has 1 N–H and O–H groups in total. The van der Waals surface area contributed by atoms with Crippen LogP contribution < -0.4 is 15.0 Å². The number of benzene rings is 3. The van der Waals surface area contributed by atoms with E-state index in [0.29, 0.717) is 5.56 Å². The molecule has 1 aliphatic heterocycles. The number of hydrogen-bond acceptors (Lipinski definition) is 5. The molecule has 1 amide bonds. The van der Waals surface area contributed by atoms with Crippen LogP contribution in [0.5, 0.6) is 5.75 Å². The molecule has 172 valence electrons. The molecule has 0 aliphatic carbocycles. The van der Waals surface area contributed by atoms with Gasteiger partial charge in [-0.25, -0.2) is 4.98 Å². The summed E-state index contributed by atoms with van der Waals surface area (Å²) < 4.78 is 5.27. The van der Waals surface area contributed by atoms with Crippen LogP contribution in [-0.2, 0) is 0 Å². The van der Waals surface area contributed by atoms with Crippen molar-refractivity contribution < 1.29 is 9.53 Å². The quantitative estimate of drug-likeness (QED) is 0.466. The minimum Gasteiger partial charge on any atom is -0.497 e. The molecule has 1 fully saturated rings. The molecule has 1 aliphatic rings. The van der Waals surface area contributed by atoms with Gasteiger partial charge in [-0.05, 0) is 67.7 Å². The van der Waals surface area contributed by atoms with E-state index in [1.807, 2.05) is 66.7 Å². The summed E-state index contributed by atoms with van der Waals surface area (Å²) in [4.78, 5) is 22.9. The molecule has 0 radical (unpaired) electrons. The number of aromatic nitrogens is 1. The zero-order valence-electron chi connectivity index (χ0n) is 19.5. The van der Waals surface area contributed by atoms with Crippen LogP contribution in [0.3, 0.4) is 0 Å². The Morgan fingerprint density at radius 3 is 2.32 bits per heavy atom. The van der Waals surface area contributed by atoms with Gasteiger partial charge in [-0.3, -0.25) is 4.79 Å². The highest BCUT2D eigenvalue weighted by Crippen LogP contribution is 2.27. The summed E-state index contributed by atoms with van der Waals surface area (Å²) in [6, 6.07) is 25.4. The Morgan fingerprint density at radius 2 is 1.62 bits per heavy atom. The number of piperazine rings is 1. The number of likely N-dealkylation sites (N-methyl/N-ethyl adjacent to an activating group) is 1. The van der Waals surface area contributed by atoms with Crippen molar-refractivity contribution in [3.05, 3.63) is 84.4 Å². The van der Waals surface area contributed by atoms with Crippen LogP contribution in [0.1, 0.15) is 10.4 Å². The monoisotopic (exact) mass is 452 g/mol. The fourth-order valence-electron chi connectivity index (χ4n) is 4.29. The fraction of sp³-hybridized carbons (Fsp3) is 0.214. The minimum atomic E-state index is -0.152. The molecule has 4 aromatic rings. The lowest BCUT2D eigenvalue weighted by Gasteiger charge is -2.34. The summed E-state index contributed by atoms with van der Waals surface area (Å²) in [7, 11) is 3.79. The average molecular weight is 453 g/mol. The van der Waals surface area contributed by atoms with Gasteiger partial charge < -0.3 is 19.9 Å². The lowest BCUT2D eigenvalue weighted by Crippen LogP contribution is -2.44. The molecule has 0 atom stereocenters. The molecule has 0 unspecified atom stereocenters. The zero-order chi connectivity index (χ0) is 23.5. The number of para-hydroxylation sites is 1. The van der Waals surface area contributed by atoms with Gasteiger partial charge in [-0.15, -0.1) is 0 Å². The second-order valence-electron chi connectivity index (χ2n) is 8.59. The predicted molar refractivity (Wildman–Crippen MR) is 138 cm³/mol. The van der Waals surface area contributed by atoms with E-state index >= 15 is 0 Å². The number of nitrogens with one attached hydrogen (secondary N) is 1. The number of ether oxygens (including phenoxy) is 1. The Balaban J connectivity index is 1.41. The largest absolute Gasteiger partial charge is 0.497 e. The van der Waals surface area contributed by atoms with Gasteiger partial charge in [0.2, 0.25) is 0 Å². The first-order valence-electron chi connectivity index (χ1n) is 11.5. The third kappa shape index (κ3) is 4.58. The van der Waals surface area contributed by atoms with Crippen molar-refractivity contribution in [2.45, 2.75) is 0 Å². The standard InChI is InChI=1S/C28H28N4O2/c1-31-15-17-32(18-16-31)22-11-9-21(10-12-22)29-28(33)25-19-27(20-7-13-23(34-2)14-8-20)30-26-6-4-3-5-24(25)26/h3-14,19H,15-18H2,1-2H3,(H,29,33). The number of carbonyl (C=O) groups excluding carboxylic acids is 1. The molecule has 0 saturated carbocycles. The molecule has 5 rings (SSSR count). The first-order chi connectivity index (χ1) is 16.6. The summed E-state index contributed by atoms with van der Waals surface area (Å²) in [5.74, 6) is 0.628. The Hall–Kier alpha value is -3.90. The van der Waals surface area contributed by atoms with Crippen LogP contribution in [0.4, 0.5) is 11.4 Å². The average Bonchev–Trinajstić information content (AvgIpc) is 2.89. The highest BCUT2D eigenvalue weighted by molar-refractivity contribution is 6.13. The number of anilines is 2. The number of amides is 1. The van der Waals surface area contributed by atoms with Gasteiger partial charge in [0.25, 0.3) is 5.91 Å². The van der Waals surface area contributed by atoms with Crippen LogP contribution in [-0.4, -0.2) is 56.1 Å². The third-order valence-corrected chi connectivity index (χ3v) is 6.34. The summed E-state index contributed by atoms with van der Waals surface area (Å²) in [5, 5.41) is 3.90. The number of fused-ring (bicyclic) bond motifs is 1. The number of nitrogens with zero attached hydrogens (tertiary/aromatic N) is 3. The van der Waals surface area contributed by atoms with Gasteiger partial charge in [0.1, 0.15) is 5.75 Å². The number of pyridine rings is 1. The number of methoxy groups -OCH3 is 1. The predicted octanol–water partition coefficient (Wildman–Crippen LogP) is 4.91. The first-order valence-corrected chi connectivity index (χ1v) is 11.5. The molecule has 0 bridgehead atoms. The van der Waals surface area contributed by atoms with Gasteiger partial charge in [0.15, 0.2) is 0 Å². The van der Waals surface area contributed by atoms with Crippen molar-refractivity contribution in [3.8, 4) is 17.0 Å². The maximum absolute atomic E-state index is 13.4.